The highest BCUT2D eigenvalue weighted by Crippen LogP contribution is 2.36. The fourth-order valence-electron chi connectivity index (χ4n) is 2.24. The van der Waals surface area contributed by atoms with Crippen LogP contribution in [-0.4, -0.2) is 34.3 Å². The summed E-state index contributed by atoms with van der Waals surface area (Å²) in [4.78, 5) is 12.7. The Balaban J connectivity index is 2.11. The third kappa shape index (κ3) is 2.95. The second-order valence-electron chi connectivity index (χ2n) is 5.74. The van der Waals surface area contributed by atoms with E-state index in [0.717, 1.165) is 5.56 Å². The maximum Gasteiger partial charge on any atom is 0.407 e. The first-order valence-corrected chi connectivity index (χ1v) is 6.61. The van der Waals surface area contributed by atoms with Gasteiger partial charge in [0.05, 0.1) is 11.6 Å². The molecule has 19 heavy (non-hydrogen) atoms. The Labute approximate surface area is 117 Å². The van der Waals surface area contributed by atoms with Gasteiger partial charge in [-0.1, -0.05) is 23.7 Å². The van der Waals surface area contributed by atoms with Gasteiger partial charge < -0.3 is 9.84 Å². The van der Waals surface area contributed by atoms with E-state index >= 15 is 0 Å². The molecule has 104 valence electrons. The monoisotopic (exact) mass is 283 g/mol. The van der Waals surface area contributed by atoms with Crippen LogP contribution in [0.1, 0.15) is 26.3 Å². The van der Waals surface area contributed by atoms with Crippen molar-refractivity contribution in [3.63, 3.8) is 0 Å². The van der Waals surface area contributed by atoms with Gasteiger partial charge in [0.2, 0.25) is 0 Å². The molecule has 0 fully saturated rings. The van der Waals surface area contributed by atoms with Crippen molar-refractivity contribution in [2.45, 2.75) is 38.8 Å². The largest absolute Gasteiger partial charge is 0.486 e. The molecule has 0 radical (unpaired) electrons. The summed E-state index contributed by atoms with van der Waals surface area (Å²) in [5.41, 5.74) is 0.588. The number of benzene rings is 1. The van der Waals surface area contributed by atoms with Gasteiger partial charge >= 0.3 is 6.09 Å². The summed E-state index contributed by atoms with van der Waals surface area (Å²) < 4.78 is 5.78. The van der Waals surface area contributed by atoms with Crippen molar-refractivity contribution in [2.24, 2.45) is 0 Å². The molecule has 5 heteroatoms. The fourth-order valence-corrected chi connectivity index (χ4v) is 2.48. The molecule has 0 aromatic heterocycles. The Morgan fingerprint density at radius 3 is 2.74 bits per heavy atom. The van der Waals surface area contributed by atoms with E-state index in [1.54, 1.807) is 6.07 Å². The van der Waals surface area contributed by atoms with Crippen LogP contribution in [0.15, 0.2) is 18.2 Å². The molecule has 1 heterocycles. The summed E-state index contributed by atoms with van der Waals surface area (Å²) in [5, 5.41) is 9.87. The first kappa shape index (κ1) is 14.0. The Hall–Kier alpha value is -1.42. The second-order valence-corrected chi connectivity index (χ2v) is 6.14. The van der Waals surface area contributed by atoms with Crippen molar-refractivity contribution in [1.82, 2.24) is 4.90 Å². The smallest absolute Gasteiger partial charge is 0.407 e. The number of hydrogen-bond donors (Lipinski definition) is 1. The van der Waals surface area contributed by atoms with Crippen LogP contribution in [0.4, 0.5) is 4.79 Å². The Bertz CT molecular complexity index is 496. The third-order valence-electron chi connectivity index (χ3n) is 3.21. The van der Waals surface area contributed by atoms with Gasteiger partial charge in [-0.05, 0) is 32.4 Å². The Kier molecular flexibility index (Phi) is 3.63. The van der Waals surface area contributed by atoms with Crippen molar-refractivity contribution in [3.8, 4) is 5.75 Å². The third-order valence-corrected chi connectivity index (χ3v) is 3.51. The lowest BCUT2D eigenvalue weighted by atomic mass is 10.0. The molecule has 0 saturated carbocycles. The van der Waals surface area contributed by atoms with Crippen LogP contribution in [-0.2, 0) is 6.42 Å². The molecule has 1 N–H and O–H groups in total. The number of halogens is 1. The number of nitrogens with zero attached hydrogens (tertiary/aromatic N) is 1. The lowest BCUT2D eigenvalue weighted by molar-refractivity contribution is 0.0708. The van der Waals surface area contributed by atoms with Crippen LogP contribution in [0, 0.1) is 0 Å². The van der Waals surface area contributed by atoms with E-state index in [9.17, 15) is 9.90 Å². The molecule has 1 aromatic carbocycles. The van der Waals surface area contributed by atoms with E-state index < -0.39 is 11.6 Å². The van der Waals surface area contributed by atoms with Gasteiger partial charge in [-0.2, -0.15) is 0 Å². The van der Waals surface area contributed by atoms with E-state index in [1.165, 1.54) is 4.90 Å². The number of hydrogen-bond acceptors (Lipinski definition) is 2. The normalized spacial score (nSPS) is 17.8. The summed E-state index contributed by atoms with van der Waals surface area (Å²) in [6.45, 7) is 5.95. The standard InChI is InChI=1S/C14H18ClNO3/c1-14(2,3)16(13(17)18)8-10-7-9-5-4-6-11(15)12(9)19-10/h4-6,10H,7-8H2,1-3H3,(H,17,18). The van der Waals surface area contributed by atoms with Crippen molar-refractivity contribution in [2.75, 3.05) is 6.54 Å². The summed E-state index contributed by atoms with van der Waals surface area (Å²) >= 11 is 6.07. The molecule has 1 unspecified atom stereocenters. The van der Waals surface area contributed by atoms with Crippen molar-refractivity contribution >= 4 is 17.7 Å². The van der Waals surface area contributed by atoms with E-state index in [4.69, 9.17) is 16.3 Å². The molecule has 1 aliphatic heterocycles. The average molecular weight is 284 g/mol. The van der Waals surface area contributed by atoms with E-state index in [2.05, 4.69) is 0 Å². The van der Waals surface area contributed by atoms with Gasteiger partial charge in [-0.25, -0.2) is 4.79 Å². The number of fused-ring (bicyclic) bond motifs is 1. The predicted octanol–water partition coefficient (Wildman–Crippen LogP) is 3.42. The van der Waals surface area contributed by atoms with Gasteiger partial charge in [0.1, 0.15) is 11.9 Å². The Morgan fingerprint density at radius 2 is 2.21 bits per heavy atom. The first-order chi connectivity index (χ1) is 8.79. The number of amides is 1. The maximum atomic E-state index is 11.3. The van der Waals surface area contributed by atoms with Crippen LogP contribution < -0.4 is 4.74 Å². The van der Waals surface area contributed by atoms with E-state index in [1.807, 2.05) is 32.9 Å². The highest BCUT2D eigenvalue weighted by molar-refractivity contribution is 6.32. The lowest BCUT2D eigenvalue weighted by Gasteiger charge is -2.34. The molecule has 4 nitrogen and oxygen atoms in total. The molecule has 1 amide bonds. The predicted molar refractivity (Wildman–Crippen MR) is 74.1 cm³/mol. The van der Waals surface area contributed by atoms with Crippen molar-refractivity contribution < 1.29 is 14.6 Å². The van der Waals surface area contributed by atoms with Crippen molar-refractivity contribution in [3.05, 3.63) is 28.8 Å². The quantitative estimate of drug-likeness (QED) is 0.905. The van der Waals surface area contributed by atoms with Crippen molar-refractivity contribution in [1.29, 1.82) is 0 Å². The second kappa shape index (κ2) is 4.93. The number of para-hydroxylation sites is 1. The van der Waals surface area contributed by atoms with Crippen LogP contribution in [0.5, 0.6) is 5.75 Å². The van der Waals surface area contributed by atoms with Gasteiger partial charge in [-0.3, -0.25) is 4.90 Å². The van der Waals surface area contributed by atoms with Gasteiger partial charge in [0.15, 0.2) is 0 Å². The highest BCUT2D eigenvalue weighted by Gasteiger charge is 2.33. The first-order valence-electron chi connectivity index (χ1n) is 6.23. The zero-order valence-corrected chi connectivity index (χ0v) is 12.1. The Morgan fingerprint density at radius 1 is 1.53 bits per heavy atom. The highest BCUT2D eigenvalue weighted by atomic mass is 35.5. The van der Waals surface area contributed by atoms with E-state index in [0.29, 0.717) is 23.7 Å². The molecular weight excluding hydrogens is 266 g/mol. The SMILES string of the molecule is CC(C)(C)N(CC1Cc2cccc(Cl)c2O1)C(=O)O. The zero-order valence-electron chi connectivity index (χ0n) is 11.3. The average Bonchev–Trinajstić information content (AvgIpc) is 2.68. The number of ether oxygens (including phenoxy) is 1. The topological polar surface area (TPSA) is 49.8 Å². The number of carboxylic acid groups (broad SMARTS) is 1. The minimum absolute atomic E-state index is 0.176. The van der Waals surface area contributed by atoms with Crippen LogP contribution in [0.2, 0.25) is 5.02 Å². The molecule has 2 rings (SSSR count). The van der Waals surface area contributed by atoms with Gasteiger partial charge in [0.25, 0.3) is 0 Å². The molecule has 0 spiro atoms. The minimum atomic E-state index is -0.932. The summed E-state index contributed by atoms with van der Waals surface area (Å²) in [5.74, 6) is 0.688. The molecule has 1 aliphatic rings. The van der Waals surface area contributed by atoms with Crippen LogP contribution >= 0.6 is 11.6 Å². The fraction of sp³-hybridized carbons (Fsp3) is 0.500. The summed E-state index contributed by atoms with van der Waals surface area (Å²) in [6, 6.07) is 5.62. The summed E-state index contributed by atoms with van der Waals surface area (Å²) in [6.07, 6.45) is -0.418. The van der Waals surface area contributed by atoms with Crippen LogP contribution in [0.3, 0.4) is 0 Å². The van der Waals surface area contributed by atoms with Crippen LogP contribution in [0.25, 0.3) is 0 Å². The molecule has 1 atom stereocenters. The molecule has 0 bridgehead atoms. The molecule has 1 aromatic rings. The van der Waals surface area contributed by atoms with E-state index in [-0.39, 0.29) is 6.10 Å². The maximum absolute atomic E-state index is 11.3. The number of carbonyl (C=O) groups is 1. The van der Waals surface area contributed by atoms with Gasteiger partial charge in [-0.15, -0.1) is 0 Å². The molecular formula is C14H18ClNO3. The molecule has 0 saturated heterocycles. The summed E-state index contributed by atoms with van der Waals surface area (Å²) in [7, 11) is 0. The molecule has 0 aliphatic carbocycles. The van der Waals surface area contributed by atoms with Gasteiger partial charge in [0, 0.05) is 12.0 Å². The minimum Gasteiger partial charge on any atom is -0.486 e. The zero-order chi connectivity index (χ0) is 14.2. The lowest BCUT2D eigenvalue weighted by Crippen LogP contribution is -2.49. The number of rotatable bonds is 2.